The Morgan fingerprint density at radius 3 is 0.833 bits per heavy atom. The third-order valence-corrected chi connectivity index (χ3v) is 12.1. The van der Waals surface area contributed by atoms with Gasteiger partial charge >= 0.3 is 0 Å². The molecule has 0 fully saturated rings. The normalized spacial score (nSPS) is 13.8. The van der Waals surface area contributed by atoms with Crippen molar-refractivity contribution in [3.05, 3.63) is 83.5 Å². The first kappa shape index (κ1) is 25.1. The molecule has 0 atom stereocenters. The van der Waals surface area contributed by atoms with Gasteiger partial charge in [-0.2, -0.15) is 0 Å². The second kappa shape index (κ2) is 8.52. The van der Waals surface area contributed by atoms with Crippen LogP contribution in [0.15, 0.2) is 0 Å². The zero-order chi connectivity index (χ0) is 26.4. The number of aryl methyl sites for hydroxylation is 4. The van der Waals surface area contributed by atoms with E-state index in [9.17, 15) is 19.2 Å². The van der Waals surface area contributed by atoms with Crippen LogP contribution in [-0.4, -0.2) is 23.1 Å². The molecule has 0 aromatic carbocycles. The molecule has 0 amide bonds. The van der Waals surface area contributed by atoms with Crippen LogP contribution in [0.3, 0.4) is 0 Å². The number of thiophene rings is 4. The van der Waals surface area contributed by atoms with Gasteiger partial charge < -0.3 is 0 Å². The van der Waals surface area contributed by atoms with Crippen LogP contribution >= 0.6 is 45.3 Å². The molecule has 36 heavy (non-hydrogen) atoms. The number of carbonyl (C=O) groups is 4. The second-order valence-corrected chi connectivity index (χ2v) is 14.2. The third kappa shape index (κ3) is 3.35. The van der Waals surface area contributed by atoms with Gasteiger partial charge in [0.2, 0.25) is 17.3 Å². The highest BCUT2D eigenvalue weighted by atomic mass is 32.1. The predicted molar refractivity (Wildman–Crippen MR) is 149 cm³/mol. The molecule has 0 spiro atoms. The second-order valence-electron chi connectivity index (χ2n) is 9.27. The summed E-state index contributed by atoms with van der Waals surface area (Å²) in [5.41, 5.74) is 6.38. The Morgan fingerprint density at radius 1 is 0.333 bits per heavy atom. The molecular formula is C28H24O4S4. The molecule has 4 nitrogen and oxygen atoms in total. The molecule has 2 aliphatic rings. The number of ketones is 4. The van der Waals surface area contributed by atoms with Gasteiger partial charge in [0.15, 0.2) is 5.78 Å². The topological polar surface area (TPSA) is 68.3 Å². The first-order valence-electron chi connectivity index (χ1n) is 11.4. The summed E-state index contributed by atoms with van der Waals surface area (Å²) in [6.45, 7) is 15.6. The molecule has 4 aromatic rings. The van der Waals surface area contributed by atoms with E-state index in [1.54, 1.807) is 0 Å². The number of hydrogen-bond acceptors (Lipinski definition) is 8. The number of rotatable bonds is 0. The standard InChI is InChI=1S/2C14H12O2S2/c1-5-7(3)17-13-9(5)11(15)14-10(12(13)16)6(2)8(4)18-14;1-5-7(3)17-13-9(5)11(15)10-6(2)8(4)18-14(10)12(13)16/h2*1-4H3. The van der Waals surface area contributed by atoms with Gasteiger partial charge in [-0.1, -0.05) is 0 Å². The summed E-state index contributed by atoms with van der Waals surface area (Å²) in [6.07, 6.45) is 0. The van der Waals surface area contributed by atoms with Gasteiger partial charge in [0.1, 0.15) is 0 Å². The van der Waals surface area contributed by atoms with Gasteiger partial charge in [0.25, 0.3) is 0 Å². The Hall–Kier alpha value is -2.52. The van der Waals surface area contributed by atoms with Crippen LogP contribution in [0.1, 0.15) is 103 Å². The van der Waals surface area contributed by atoms with Gasteiger partial charge in [-0.3, -0.25) is 19.2 Å². The van der Waals surface area contributed by atoms with E-state index in [0.717, 1.165) is 41.8 Å². The summed E-state index contributed by atoms with van der Waals surface area (Å²) in [5, 5.41) is 0. The van der Waals surface area contributed by atoms with Gasteiger partial charge in [-0.15, -0.1) is 45.3 Å². The lowest BCUT2D eigenvalue weighted by molar-refractivity contribution is 0.0984. The first-order valence-corrected chi connectivity index (χ1v) is 14.7. The zero-order valence-electron chi connectivity index (χ0n) is 21.3. The molecular weight excluding hydrogens is 529 g/mol. The summed E-state index contributed by atoms with van der Waals surface area (Å²) in [6, 6.07) is 0. The van der Waals surface area contributed by atoms with Crippen molar-refractivity contribution in [1.82, 2.24) is 0 Å². The molecule has 0 radical (unpaired) electrons. The molecule has 184 valence electrons. The monoisotopic (exact) mass is 552 g/mol. The van der Waals surface area contributed by atoms with Crippen molar-refractivity contribution in [2.75, 3.05) is 0 Å². The van der Waals surface area contributed by atoms with Crippen molar-refractivity contribution in [2.45, 2.75) is 55.4 Å². The summed E-state index contributed by atoms with van der Waals surface area (Å²) in [7, 11) is 0. The predicted octanol–water partition coefficient (Wildman–Crippen LogP) is 7.64. The van der Waals surface area contributed by atoms with Crippen LogP contribution in [0.2, 0.25) is 0 Å². The highest BCUT2D eigenvalue weighted by molar-refractivity contribution is 7.19. The summed E-state index contributed by atoms with van der Waals surface area (Å²) < 4.78 is 0. The summed E-state index contributed by atoms with van der Waals surface area (Å²) >= 11 is 5.78. The lowest BCUT2D eigenvalue weighted by Gasteiger charge is -2.11. The average molecular weight is 553 g/mol. The van der Waals surface area contributed by atoms with Crippen LogP contribution < -0.4 is 0 Å². The van der Waals surface area contributed by atoms with Crippen molar-refractivity contribution < 1.29 is 19.2 Å². The number of carbonyl (C=O) groups excluding carboxylic acids is 4. The van der Waals surface area contributed by atoms with E-state index in [4.69, 9.17) is 0 Å². The van der Waals surface area contributed by atoms with Crippen LogP contribution in [0.25, 0.3) is 0 Å². The lowest BCUT2D eigenvalue weighted by Crippen LogP contribution is -2.18. The van der Waals surface area contributed by atoms with Crippen molar-refractivity contribution >= 4 is 68.5 Å². The third-order valence-electron chi connectivity index (χ3n) is 7.27. The van der Waals surface area contributed by atoms with Crippen LogP contribution in [-0.2, 0) is 0 Å². The van der Waals surface area contributed by atoms with E-state index in [-0.39, 0.29) is 23.1 Å². The van der Waals surface area contributed by atoms with Crippen LogP contribution in [0.5, 0.6) is 0 Å². The van der Waals surface area contributed by atoms with Gasteiger partial charge in [-0.05, 0) is 77.6 Å². The lowest BCUT2D eigenvalue weighted by atomic mass is 9.90. The highest BCUT2D eigenvalue weighted by Gasteiger charge is 2.38. The van der Waals surface area contributed by atoms with Crippen LogP contribution in [0.4, 0.5) is 0 Å². The Kier molecular flexibility index (Phi) is 5.95. The molecule has 0 saturated carbocycles. The highest BCUT2D eigenvalue weighted by Crippen LogP contribution is 2.42. The maximum Gasteiger partial charge on any atom is 0.214 e. The van der Waals surface area contributed by atoms with Crippen molar-refractivity contribution in [3.63, 3.8) is 0 Å². The van der Waals surface area contributed by atoms with Gasteiger partial charge in [-0.25, -0.2) is 0 Å². The van der Waals surface area contributed by atoms with Gasteiger partial charge in [0.05, 0.1) is 19.5 Å². The summed E-state index contributed by atoms with van der Waals surface area (Å²) in [5.74, 6) is 0.121. The van der Waals surface area contributed by atoms with E-state index >= 15 is 0 Å². The molecule has 0 saturated heterocycles. The van der Waals surface area contributed by atoms with E-state index < -0.39 is 0 Å². The van der Waals surface area contributed by atoms with E-state index in [2.05, 4.69) is 0 Å². The maximum absolute atomic E-state index is 12.6. The average Bonchev–Trinajstić information content (AvgIpc) is 3.50. The Bertz CT molecular complexity index is 1560. The molecule has 0 bridgehead atoms. The molecule has 0 N–H and O–H groups in total. The Morgan fingerprint density at radius 2 is 0.556 bits per heavy atom. The fourth-order valence-electron chi connectivity index (χ4n) is 4.70. The fourth-order valence-corrected chi connectivity index (χ4v) is 9.18. The van der Waals surface area contributed by atoms with Crippen LogP contribution in [0, 0.1) is 55.4 Å². The molecule has 8 heteroatoms. The minimum absolute atomic E-state index is 0.0296. The molecule has 4 aromatic heterocycles. The van der Waals surface area contributed by atoms with E-state index in [1.807, 2.05) is 55.4 Å². The first-order chi connectivity index (χ1) is 16.9. The summed E-state index contributed by atoms with van der Waals surface area (Å²) in [4.78, 5) is 56.8. The molecule has 4 heterocycles. The van der Waals surface area contributed by atoms with Crippen molar-refractivity contribution in [2.24, 2.45) is 0 Å². The van der Waals surface area contributed by atoms with Gasteiger partial charge in [0, 0.05) is 41.8 Å². The number of hydrogen-bond donors (Lipinski definition) is 0. The minimum Gasteiger partial charge on any atom is -0.288 e. The molecule has 0 unspecified atom stereocenters. The van der Waals surface area contributed by atoms with Crippen molar-refractivity contribution in [3.8, 4) is 0 Å². The fraction of sp³-hybridized carbons (Fsp3) is 0.286. The maximum atomic E-state index is 12.6. The van der Waals surface area contributed by atoms with E-state index in [1.165, 1.54) is 45.3 Å². The molecule has 0 aliphatic heterocycles. The zero-order valence-corrected chi connectivity index (χ0v) is 24.5. The number of fused-ring (bicyclic) bond motifs is 4. The Labute approximate surface area is 225 Å². The Balaban J connectivity index is 0.000000148. The quantitative estimate of drug-likeness (QED) is 0.194. The molecule has 6 rings (SSSR count). The smallest absolute Gasteiger partial charge is 0.214 e. The SMILES string of the molecule is Cc1sc2c(c1C)C(=O)c1c(sc(C)c1C)C2=O.Cc1sc2c(c1C)C(=O)c1sc(C)c(C)c1C2=O. The molecule has 2 aliphatic carbocycles. The van der Waals surface area contributed by atoms with E-state index in [0.29, 0.717) is 41.8 Å². The largest absolute Gasteiger partial charge is 0.288 e. The van der Waals surface area contributed by atoms with Crippen molar-refractivity contribution in [1.29, 1.82) is 0 Å². The minimum atomic E-state index is 0.0296.